The lowest BCUT2D eigenvalue weighted by molar-refractivity contribution is -0.146. The predicted molar refractivity (Wildman–Crippen MR) is 78.4 cm³/mol. The number of carbonyl (C=O) groups excluding carboxylic acids is 2. The molecule has 1 aliphatic rings. The fourth-order valence-corrected chi connectivity index (χ4v) is 2.21. The van der Waals surface area contributed by atoms with Gasteiger partial charge in [0.2, 0.25) is 5.91 Å². The van der Waals surface area contributed by atoms with Crippen molar-refractivity contribution in [2.24, 2.45) is 0 Å². The van der Waals surface area contributed by atoms with Crippen LogP contribution in [0.25, 0.3) is 0 Å². The van der Waals surface area contributed by atoms with Crippen LogP contribution in [0.4, 0.5) is 0 Å². The number of likely N-dealkylation sites (N-methyl/N-ethyl adjacent to an activating group) is 1. The molecular formula is C15H28N2O3. The van der Waals surface area contributed by atoms with E-state index in [1.807, 2.05) is 4.90 Å². The van der Waals surface area contributed by atoms with Crippen molar-refractivity contribution in [2.45, 2.75) is 45.4 Å². The molecule has 1 saturated heterocycles. The summed E-state index contributed by atoms with van der Waals surface area (Å²) >= 11 is 0. The van der Waals surface area contributed by atoms with Gasteiger partial charge in [0.15, 0.2) is 0 Å². The number of piperazine rings is 1. The number of ether oxygens (including phenoxy) is 1. The molecule has 1 amide bonds. The van der Waals surface area contributed by atoms with E-state index in [4.69, 9.17) is 4.74 Å². The number of amides is 1. The molecule has 1 heterocycles. The molecule has 116 valence electrons. The summed E-state index contributed by atoms with van der Waals surface area (Å²) in [5.41, 5.74) is 0. The van der Waals surface area contributed by atoms with E-state index in [9.17, 15) is 9.59 Å². The van der Waals surface area contributed by atoms with Gasteiger partial charge in [0.05, 0.1) is 13.0 Å². The van der Waals surface area contributed by atoms with Crippen LogP contribution in [0, 0.1) is 0 Å². The molecule has 0 N–H and O–H groups in total. The van der Waals surface area contributed by atoms with Crippen molar-refractivity contribution in [3.05, 3.63) is 0 Å². The van der Waals surface area contributed by atoms with Crippen LogP contribution in [-0.4, -0.2) is 61.5 Å². The van der Waals surface area contributed by atoms with Crippen LogP contribution in [0.5, 0.6) is 0 Å². The molecule has 0 bridgehead atoms. The van der Waals surface area contributed by atoms with Crippen molar-refractivity contribution in [1.29, 1.82) is 0 Å². The maximum Gasteiger partial charge on any atom is 0.306 e. The van der Waals surface area contributed by atoms with E-state index >= 15 is 0 Å². The van der Waals surface area contributed by atoms with E-state index in [-0.39, 0.29) is 24.7 Å². The first-order valence-electron chi connectivity index (χ1n) is 7.75. The minimum Gasteiger partial charge on any atom is -0.466 e. The summed E-state index contributed by atoms with van der Waals surface area (Å²) in [4.78, 5) is 27.5. The fourth-order valence-electron chi connectivity index (χ4n) is 2.21. The normalized spacial score (nSPS) is 16.2. The Hall–Kier alpha value is -1.10. The zero-order chi connectivity index (χ0) is 14.8. The summed E-state index contributed by atoms with van der Waals surface area (Å²) in [5.74, 6) is -0.176. The highest BCUT2D eigenvalue weighted by Gasteiger charge is 2.19. The van der Waals surface area contributed by atoms with E-state index < -0.39 is 0 Å². The van der Waals surface area contributed by atoms with Gasteiger partial charge in [-0.1, -0.05) is 26.2 Å². The number of unbranched alkanes of at least 4 members (excludes halogenated alkanes) is 3. The van der Waals surface area contributed by atoms with E-state index in [1.54, 1.807) is 0 Å². The molecular weight excluding hydrogens is 256 g/mol. The monoisotopic (exact) mass is 284 g/mol. The maximum atomic E-state index is 11.9. The second-order valence-electron chi connectivity index (χ2n) is 5.47. The van der Waals surface area contributed by atoms with Crippen LogP contribution in [0.15, 0.2) is 0 Å². The molecule has 1 rings (SSSR count). The second-order valence-corrected chi connectivity index (χ2v) is 5.47. The van der Waals surface area contributed by atoms with Gasteiger partial charge in [-0.15, -0.1) is 0 Å². The second kappa shape index (κ2) is 9.75. The van der Waals surface area contributed by atoms with Crippen molar-refractivity contribution >= 4 is 11.9 Å². The van der Waals surface area contributed by atoms with Gasteiger partial charge in [-0.3, -0.25) is 9.59 Å². The average Bonchev–Trinajstić information content (AvgIpc) is 2.45. The van der Waals surface area contributed by atoms with Gasteiger partial charge in [-0.05, 0) is 13.5 Å². The highest BCUT2D eigenvalue weighted by atomic mass is 16.5. The topological polar surface area (TPSA) is 49.9 Å². The third-order valence-corrected chi connectivity index (χ3v) is 3.66. The molecule has 0 radical (unpaired) electrons. The Kier molecular flexibility index (Phi) is 8.26. The summed E-state index contributed by atoms with van der Waals surface area (Å²) in [6.07, 6.45) is 4.86. The minimum atomic E-state index is -0.246. The van der Waals surface area contributed by atoms with Crippen molar-refractivity contribution < 1.29 is 14.3 Å². The lowest BCUT2D eigenvalue weighted by Gasteiger charge is -2.32. The molecule has 0 aromatic rings. The van der Waals surface area contributed by atoms with Crippen molar-refractivity contribution in [3.8, 4) is 0 Å². The lowest BCUT2D eigenvalue weighted by Crippen LogP contribution is -2.47. The van der Waals surface area contributed by atoms with Crippen LogP contribution in [0.3, 0.4) is 0 Å². The van der Waals surface area contributed by atoms with Gasteiger partial charge < -0.3 is 14.5 Å². The first-order chi connectivity index (χ1) is 9.63. The van der Waals surface area contributed by atoms with Crippen LogP contribution >= 0.6 is 0 Å². The first-order valence-corrected chi connectivity index (χ1v) is 7.75. The van der Waals surface area contributed by atoms with E-state index in [2.05, 4.69) is 18.9 Å². The van der Waals surface area contributed by atoms with Crippen LogP contribution in [0.1, 0.15) is 45.4 Å². The van der Waals surface area contributed by atoms with Gasteiger partial charge >= 0.3 is 5.97 Å². The Morgan fingerprint density at radius 2 is 1.70 bits per heavy atom. The fraction of sp³-hybridized carbons (Fsp3) is 0.867. The van der Waals surface area contributed by atoms with Gasteiger partial charge in [-0.25, -0.2) is 0 Å². The van der Waals surface area contributed by atoms with Gasteiger partial charge in [-0.2, -0.15) is 0 Å². The van der Waals surface area contributed by atoms with Crippen molar-refractivity contribution in [2.75, 3.05) is 39.8 Å². The number of rotatable bonds is 8. The smallest absolute Gasteiger partial charge is 0.306 e. The summed E-state index contributed by atoms with van der Waals surface area (Å²) < 4.78 is 5.13. The Labute approximate surface area is 122 Å². The maximum absolute atomic E-state index is 11.9. The number of hydrogen-bond acceptors (Lipinski definition) is 4. The largest absolute Gasteiger partial charge is 0.466 e. The highest BCUT2D eigenvalue weighted by molar-refractivity contribution is 5.81. The number of hydrogen-bond donors (Lipinski definition) is 0. The molecule has 0 aliphatic carbocycles. The van der Waals surface area contributed by atoms with Crippen molar-refractivity contribution in [1.82, 2.24) is 9.80 Å². The van der Waals surface area contributed by atoms with Crippen LogP contribution in [-0.2, 0) is 14.3 Å². The Morgan fingerprint density at radius 1 is 1.00 bits per heavy atom. The summed E-state index contributed by atoms with van der Waals surface area (Å²) in [7, 11) is 2.05. The molecule has 0 unspecified atom stereocenters. The highest BCUT2D eigenvalue weighted by Crippen LogP contribution is 2.05. The predicted octanol–water partition coefficient (Wildman–Crippen LogP) is 1.66. The zero-order valence-corrected chi connectivity index (χ0v) is 12.9. The summed E-state index contributed by atoms with van der Waals surface area (Å²) in [6.45, 7) is 5.99. The van der Waals surface area contributed by atoms with E-state index in [0.29, 0.717) is 6.61 Å². The van der Waals surface area contributed by atoms with Crippen LogP contribution < -0.4 is 0 Å². The average molecular weight is 284 g/mol. The lowest BCUT2D eigenvalue weighted by atomic mass is 10.2. The van der Waals surface area contributed by atoms with Gasteiger partial charge in [0.25, 0.3) is 0 Å². The van der Waals surface area contributed by atoms with Gasteiger partial charge in [0.1, 0.15) is 0 Å². The third kappa shape index (κ3) is 6.89. The number of esters is 1. The Balaban J connectivity index is 2.06. The zero-order valence-electron chi connectivity index (χ0n) is 12.9. The molecule has 1 fully saturated rings. The molecule has 0 aromatic heterocycles. The number of nitrogens with zero attached hydrogens (tertiary/aromatic N) is 2. The molecule has 0 spiro atoms. The van der Waals surface area contributed by atoms with Gasteiger partial charge in [0, 0.05) is 32.6 Å². The summed E-state index contributed by atoms with van der Waals surface area (Å²) in [5, 5.41) is 0. The van der Waals surface area contributed by atoms with Crippen molar-refractivity contribution in [3.63, 3.8) is 0 Å². The first kappa shape index (κ1) is 17.0. The standard InChI is InChI=1S/C15H28N2O3/c1-3-4-5-6-13-20-15(19)8-7-14(18)17-11-9-16(2)10-12-17/h3-13H2,1-2H3. The van der Waals surface area contributed by atoms with E-state index in [1.165, 1.54) is 12.8 Å². The molecule has 5 nitrogen and oxygen atoms in total. The SMILES string of the molecule is CCCCCCOC(=O)CCC(=O)N1CCN(C)CC1. The third-order valence-electron chi connectivity index (χ3n) is 3.66. The van der Waals surface area contributed by atoms with E-state index in [0.717, 1.165) is 39.0 Å². The number of carbonyl (C=O) groups is 2. The Bertz CT molecular complexity index is 299. The molecule has 0 saturated carbocycles. The quantitative estimate of drug-likeness (QED) is 0.502. The molecule has 5 heteroatoms. The Morgan fingerprint density at radius 3 is 2.35 bits per heavy atom. The summed E-state index contributed by atoms with van der Waals surface area (Å²) in [6, 6.07) is 0. The molecule has 1 aliphatic heterocycles. The molecule has 0 atom stereocenters. The van der Waals surface area contributed by atoms with Crippen LogP contribution in [0.2, 0.25) is 0 Å². The molecule has 20 heavy (non-hydrogen) atoms. The minimum absolute atomic E-state index is 0.0704. The molecule has 0 aromatic carbocycles.